The van der Waals surface area contributed by atoms with Gasteiger partial charge in [-0.15, -0.1) is 0 Å². The summed E-state index contributed by atoms with van der Waals surface area (Å²) >= 11 is 0. The molecule has 0 aliphatic carbocycles. The summed E-state index contributed by atoms with van der Waals surface area (Å²) < 4.78 is 25.7. The fraction of sp³-hybridized carbons (Fsp3) is 1.00. The summed E-state index contributed by atoms with van der Waals surface area (Å²) in [5.74, 6) is 0.221. The number of nitrogens with zero attached hydrogens (tertiary/aromatic N) is 2. The highest BCUT2D eigenvalue weighted by molar-refractivity contribution is 7.89. The second-order valence-corrected chi connectivity index (χ2v) is 6.49. The fourth-order valence-electron chi connectivity index (χ4n) is 1.96. The second kappa shape index (κ2) is 7.31. The Morgan fingerprint density at radius 3 is 2.24 bits per heavy atom. The molecular formula is C11H25N3O2S. The average Bonchev–Trinajstić information content (AvgIpc) is 2.35. The quantitative estimate of drug-likeness (QED) is 0.655. The maximum Gasteiger partial charge on any atom is 0.215 e. The van der Waals surface area contributed by atoms with Crippen LogP contribution < -0.4 is 5.32 Å². The number of rotatable bonds is 7. The van der Waals surface area contributed by atoms with E-state index in [9.17, 15) is 8.42 Å². The maximum atomic E-state index is 12.0. The fourth-order valence-corrected chi connectivity index (χ4v) is 3.34. The molecule has 1 saturated heterocycles. The molecule has 102 valence electrons. The van der Waals surface area contributed by atoms with Crippen LogP contribution in [0.4, 0.5) is 0 Å². The van der Waals surface area contributed by atoms with Crippen LogP contribution in [0.1, 0.15) is 20.3 Å². The van der Waals surface area contributed by atoms with E-state index in [0.717, 1.165) is 32.6 Å². The minimum atomic E-state index is -3.05. The Kier molecular flexibility index (Phi) is 6.40. The third kappa shape index (κ3) is 4.91. The molecule has 1 aliphatic heterocycles. The SMILES string of the molecule is CCCNCCS(=O)(=O)N1CCN(CC)CC1. The van der Waals surface area contributed by atoms with Crippen molar-refractivity contribution < 1.29 is 8.42 Å². The van der Waals surface area contributed by atoms with Crippen LogP contribution in [0, 0.1) is 0 Å². The van der Waals surface area contributed by atoms with Gasteiger partial charge in [0.25, 0.3) is 0 Å². The highest BCUT2D eigenvalue weighted by atomic mass is 32.2. The van der Waals surface area contributed by atoms with Crippen LogP contribution in [-0.4, -0.2) is 69.2 Å². The van der Waals surface area contributed by atoms with Crippen LogP contribution >= 0.6 is 0 Å². The van der Waals surface area contributed by atoms with Crippen molar-refractivity contribution >= 4 is 10.0 Å². The highest BCUT2D eigenvalue weighted by Crippen LogP contribution is 2.07. The molecular weight excluding hydrogens is 238 g/mol. The van der Waals surface area contributed by atoms with Gasteiger partial charge in [-0.25, -0.2) is 8.42 Å². The summed E-state index contributed by atoms with van der Waals surface area (Å²) in [7, 11) is -3.05. The van der Waals surface area contributed by atoms with Gasteiger partial charge in [0.05, 0.1) is 5.75 Å². The summed E-state index contributed by atoms with van der Waals surface area (Å²) in [6, 6.07) is 0. The summed E-state index contributed by atoms with van der Waals surface area (Å²) in [4.78, 5) is 2.28. The molecule has 0 atom stereocenters. The van der Waals surface area contributed by atoms with Gasteiger partial charge in [0, 0.05) is 32.7 Å². The minimum absolute atomic E-state index is 0.221. The standard InChI is InChI=1S/C11H25N3O2S/c1-3-5-12-6-11-17(15,16)14-9-7-13(4-2)8-10-14/h12H,3-11H2,1-2H3. The van der Waals surface area contributed by atoms with Crippen molar-refractivity contribution in [1.82, 2.24) is 14.5 Å². The zero-order valence-corrected chi connectivity index (χ0v) is 11.8. The molecule has 1 rings (SSSR count). The molecule has 0 unspecified atom stereocenters. The normalized spacial score (nSPS) is 19.6. The minimum Gasteiger partial charge on any atom is -0.316 e. The summed E-state index contributed by atoms with van der Waals surface area (Å²) in [5.41, 5.74) is 0. The van der Waals surface area contributed by atoms with Gasteiger partial charge in [0.15, 0.2) is 0 Å². The summed E-state index contributed by atoms with van der Waals surface area (Å²) in [5, 5.41) is 3.13. The molecule has 1 N–H and O–H groups in total. The maximum absolute atomic E-state index is 12.0. The third-order valence-corrected chi connectivity index (χ3v) is 5.01. The Morgan fingerprint density at radius 2 is 1.71 bits per heavy atom. The lowest BCUT2D eigenvalue weighted by Gasteiger charge is -2.33. The smallest absolute Gasteiger partial charge is 0.215 e. The van der Waals surface area contributed by atoms with Crippen LogP contribution in [0.25, 0.3) is 0 Å². The molecule has 0 bridgehead atoms. The van der Waals surface area contributed by atoms with Gasteiger partial charge in [0.2, 0.25) is 10.0 Å². The van der Waals surface area contributed by atoms with Crippen molar-refractivity contribution in [2.24, 2.45) is 0 Å². The summed E-state index contributed by atoms with van der Waals surface area (Å²) in [6.07, 6.45) is 1.04. The Morgan fingerprint density at radius 1 is 1.06 bits per heavy atom. The van der Waals surface area contributed by atoms with Crippen molar-refractivity contribution in [3.05, 3.63) is 0 Å². The Hall–Kier alpha value is -0.170. The Balaban J connectivity index is 2.33. The molecule has 0 radical (unpaired) electrons. The first-order valence-corrected chi connectivity index (χ1v) is 8.12. The van der Waals surface area contributed by atoms with Crippen LogP contribution in [0.2, 0.25) is 0 Å². The molecule has 0 amide bonds. The van der Waals surface area contributed by atoms with Crippen molar-refractivity contribution in [3.8, 4) is 0 Å². The highest BCUT2D eigenvalue weighted by Gasteiger charge is 2.25. The van der Waals surface area contributed by atoms with E-state index in [4.69, 9.17) is 0 Å². The second-order valence-electron chi connectivity index (χ2n) is 4.40. The molecule has 5 nitrogen and oxygen atoms in total. The van der Waals surface area contributed by atoms with Crippen LogP contribution in [0.15, 0.2) is 0 Å². The number of nitrogens with one attached hydrogen (secondary N) is 1. The largest absolute Gasteiger partial charge is 0.316 e. The molecule has 1 aliphatic rings. The van der Waals surface area contributed by atoms with E-state index in [-0.39, 0.29) is 5.75 Å². The molecule has 0 aromatic carbocycles. The topological polar surface area (TPSA) is 52.7 Å². The first kappa shape index (κ1) is 14.9. The van der Waals surface area contributed by atoms with E-state index in [0.29, 0.717) is 19.6 Å². The van der Waals surface area contributed by atoms with Crippen molar-refractivity contribution in [3.63, 3.8) is 0 Å². The van der Waals surface area contributed by atoms with Gasteiger partial charge < -0.3 is 10.2 Å². The van der Waals surface area contributed by atoms with E-state index >= 15 is 0 Å². The first-order valence-electron chi connectivity index (χ1n) is 6.51. The monoisotopic (exact) mass is 263 g/mol. The van der Waals surface area contributed by atoms with E-state index in [1.54, 1.807) is 4.31 Å². The Labute approximate surface area is 105 Å². The van der Waals surface area contributed by atoms with Crippen LogP contribution in [-0.2, 0) is 10.0 Å². The number of hydrogen-bond donors (Lipinski definition) is 1. The number of hydrogen-bond acceptors (Lipinski definition) is 4. The molecule has 1 heterocycles. The summed E-state index contributed by atoms with van der Waals surface area (Å²) in [6.45, 7) is 9.64. The van der Waals surface area contributed by atoms with Crippen molar-refractivity contribution in [2.75, 3.05) is 51.6 Å². The lowest BCUT2D eigenvalue weighted by molar-refractivity contribution is 0.196. The molecule has 6 heteroatoms. The average molecular weight is 263 g/mol. The van der Waals surface area contributed by atoms with Gasteiger partial charge in [-0.3, -0.25) is 0 Å². The predicted octanol–water partition coefficient (Wildman–Crippen LogP) is -0.0467. The van der Waals surface area contributed by atoms with Gasteiger partial charge in [-0.2, -0.15) is 4.31 Å². The molecule has 0 aromatic rings. The van der Waals surface area contributed by atoms with Gasteiger partial charge in [0.1, 0.15) is 0 Å². The van der Waals surface area contributed by atoms with Crippen molar-refractivity contribution in [1.29, 1.82) is 0 Å². The van der Waals surface area contributed by atoms with Crippen molar-refractivity contribution in [2.45, 2.75) is 20.3 Å². The van der Waals surface area contributed by atoms with Gasteiger partial charge >= 0.3 is 0 Å². The molecule has 0 spiro atoms. The lowest BCUT2D eigenvalue weighted by Crippen LogP contribution is -2.49. The van der Waals surface area contributed by atoms with E-state index in [1.807, 2.05) is 0 Å². The number of piperazine rings is 1. The third-order valence-electron chi connectivity index (χ3n) is 3.14. The zero-order valence-electron chi connectivity index (χ0n) is 11.0. The first-order chi connectivity index (χ1) is 8.10. The van der Waals surface area contributed by atoms with E-state index < -0.39 is 10.0 Å². The molecule has 0 aromatic heterocycles. The molecule has 1 fully saturated rings. The number of sulfonamides is 1. The zero-order chi connectivity index (χ0) is 12.7. The Bertz CT molecular complexity index is 298. The van der Waals surface area contributed by atoms with Gasteiger partial charge in [-0.1, -0.05) is 13.8 Å². The molecule has 0 saturated carbocycles. The van der Waals surface area contributed by atoms with Crippen LogP contribution in [0.3, 0.4) is 0 Å². The van der Waals surface area contributed by atoms with E-state index in [2.05, 4.69) is 24.1 Å². The van der Waals surface area contributed by atoms with Gasteiger partial charge in [-0.05, 0) is 19.5 Å². The number of likely N-dealkylation sites (N-methyl/N-ethyl adjacent to an activating group) is 1. The van der Waals surface area contributed by atoms with E-state index in [1.165, 1.54) is 0 Å². The van der Waals surface area contributed by atoms with Crippen LogP contribution in [0.5, 0.6) is 0 Å². The molecule has 17 heavy (non-hydrogen) atoms. The predicted molar refractivity (Wildman–Crippen MR) is 70.6 cm³/mol. The lowest BCUT2D eigenvalue weighted by atomic mass is 10.4.